The van der Waals surface area contributed by atoms with Crippen LogP contribution in [0.25, 0.3) is 10.2 Å². The van der Waals surface area contributed by atoms with Gasteiger partial charge in [0.1, 0.15) is 5.01 Å². The Kier molecular flexibility index (Phi) is 4.31. The summed E-state index contributed by atoms with van der Waals surface area (Å²) >= 11 is 19.5. The summed E-state index contributed by atoms with van der Waals surface area (Å²) in [6, 6.07) is 11.1. The molecule has 21 heavy (non-hydrogen) atoms. The third kappa shape index (κ3) is 3.30. The second-order valence-electron chi connectivity index (χ2n) is 4.13. The minimum atomic E-state index is 0.411. The van der Waals surface area contributed by atoms with Gasteiger partial charge in [0.25, 0.3) is 0 Å². The maximum absolute atomic E-state index is 6.06. The van der Waals surface area contributed by atoms with Crippen molar-refractivity contribution < 1.29 is 0 Å². The summed E-state index contributed by atoms with van der Waals surface area (Å²) in [5.74, 6) is 0. The molecule has 0 saturated carbocycles. The summed E-state index contributed by atoms with van der Waals surface area (Å²) in [7, 11) is 0. The van der Waals surface area contributed by atoms with E-state index in [4.69, 9.17) is 34.8 Å². The number of nitrogens with one attached hydrogen (secondary N) is 1. The molecule has 0 unspecified atom stereocenters. The second kappa shape index (κ2) is 6.20. The van der Waals surface area contributed by atoms with Crippen LogP contribution in [-0.4, -0.2) is 11.2 Å². The summed E-state index contributed by atoms with van der Waals surface area (Å²) in [6.07, 6.45) is 1.63. The van der Waals surface area contributed by atoms with Gasteiger partial charge in [0.15, 0.2) is 0 Å². The number of hydrogen-bond donors (Lipinski definition) is 1. The lowest BCUT2D eigenvalue weighted by atomic mass is 10.3. The highest BCUT2D eigenvalue weighted by atomic mass is 35.5. The van der Waals surface area contributed by atoms with Crippen molar-refractivity contribution >= 4 is 68.3 Å². The number of hydrazone groups is 1. The zero-order valence-electron chi connectivity index (χ0n) is 10.5. The van der Waals surface area contributed by atoms with Gasteiger partial charge in [0.05, 0.1) is 32.2 Å². The van der Waals surface area contributed by atoms with Gasteiger partial charge in [-0.25, -0.2) is 4.98 Å². The van der Waals surface area contributed by atoms with Gasteiger partial charge in [-0.2, -0.15) is 5.10 Å². The van der Waals surface area contributed by atoms with Crippen LogP contribution in [0.5, 0.6) is 0 Å². The van der Waals surface area contributed by atoms with Crippen LogP contribution in [0.3, 0.4) is 0 Å². The first-order chi connectivity index (χ1) is 10.1. The number of benzene rings is 2. The first-order valence-corrected chi connectivity index (χ1v) is 7.88. The molecule has 2 aromatic carbocycles. The fraction of sp³-hybridized carbons (Fsp3) is 0. The Morgan fingerprint density at radius 1 is 1.10 bits per heavy atom. The molecular formula is C14H8Cl3N3S. The fourth-order valence-corrected chi connectivity index (χ4v) is 3.49. The smallest absolute Gasteiger partial charge is 0.137 e. The molecule has 3 rings (SSSR count). The molecule has 0 saturated heterocycles. The average Bonchev–Trinajstić information content (AvgIpc) is 2.84. The molecule has 0 aliphatic carbocycles. The molecule has 1 heterocycles. The number of hydrogen-bond acceptors (Lipinski definition) is 4. The summed E-state index contributed by atoms with van der Waals surface area (Å²) in [4.78, 5) is 4.45. The van der Waals surface area contributed by atoms with E-state index >= 15 is 0 Å². The Morgan fingerprint density at radius 2 is 1.81 bits per heavy atom. The van der Waals surface area contributed by atoms with Crippen LogP contribution >= 0.6 is 46.1 Å². The summed E-state index contributed by atoms with van der Waals surface area (Å²) in [6.45, 7) is 0. The summed E-state index contributed by atoms with van der Waals surface area (Å²) in [5, 5.41) is 6.22. The highest BCUT2D eigenvalue weighted by Crippen LogP contribution is 2.33. The number of halogens is 3. The van der Waals surface area contributed by atoms with Crippen molar-refractivity contribution in [2.75, 3.05) is 5.43 Å². The van der Waals surface area contributed by atoms with E-state index in [1.54, 1.807) is 29.7 Å². The maximum atomic E-state index is 6.06. The van der Waals surface area contributed by atoms with Crippen molar-refractivity contribution in [1.82, 2.24) is 4.98 Å². The zero-order chi connectivity index (χ0) is 14.8. The van der Waals surface area contributed by atoms with Gasteiger partial charge in [0, 0.05) is 5.02 Å². The molecule has 3 aromatic rings. The minimum Gasteiger partial charge on any atom is -0.275 e. The van der Waals surface area contributed by atoms with Gasteiger partial charge < -0.3 is 0 Å². The molecule has 0 spiro atoms. The van der Waals surface area contributed by atoms with Crippen LogP contribution < -0.4 is 5.43 Å². The number of anilines is 1. The van der Waals surface area contributed by atoms with E-state index in [1.165, 1.54) is 0 Å². The van der Waals surface area contributed by atoms with Crippen molar-refractivity contribution in [1.29, 1.82) is 0 Å². The van der Waals surface area contributed by atoms with Gasteiger partial charge in [-0.1, -0.05) is 46.9 Å². The van der Waals surface area contributed by atoms with E-state index in [0.29, 0.717) is 20.8 Å². The lowest BCUT2D eigenvalue weighted by Crippen LogP contribution is -1.92. The first kappa shape index (κ1) is 14.6. The van der Waals surface area contributed by atoms with E-state index in [9.17, 15) is 0 Å². The van der Waals surface area contributed by atoms with E-state index in [2.05, 4.69) is 15.5 Å². The molecule has 1 N–H and O–H groups in total. The zero-order valence-corrected chi connectivity index (χ0v) is 13.6. The molecule has 0 radical (unpaired) electrons. The van der Waals surface area contributed by atoms with Gasteiger partial charge in [-0.15, -0.1) is 11.3 Å². The molecule has 0 amide bonds. The minimum absolute atomic E-state index is 0.411. The van der Waals surface area contributed by atoms with Crippen LogP contribution in [0.4, 0.5) is 5.69 Å². The topological polar surface area (TPSA) is 37.3 Å². The predicted molar refractivity (Wildman–Crippen MR) is 92.3 cm³/mol. The van der Waals surface area contributed by atoms with Crippen molar-refractivity contribution in [3.8, 4) is 0 Å². The summed E-state index contributed by atoms with van der Waals surface area (Å²) in [5.41, 5.74) is 4.28. The molecule has 7 heteroatoms. The lowest BCUT2D eigenvalue weighted by molar-refractivity contribution is 1.34. The van der Waals surface area contributed by atoms with Crippen molar-refractivity contribution in [2.24, 2.45) is 5.10 Å². The predicted octanol–water partition coefficient (Wildman–Crippen LogP) is 5.70. The number of thiazole rings is 1. The largest absolute Gasteiger partial charge is 0.275 e. The van der Waals surface area contributed by atoms with Crippen molar-refractivity contribution in [3.63, 3.8) is 0 Å². The number of aromatic nitrogens is 1. The van der Waals surface area contributed by atoms with E-state index < -0.39 is 0 Å². The molecule has 106 valence electrons. The third-order valence-corrected chi connectivity index (χ3v) is 4.45. The third-order valence-electron chi connectivity index (χ3n) is 2.67. The van der Waals surface area contributed by atoms with E-state index in [-0.39, 0.29) is 0 Å². The first-order valence-electron chi connectivity index (χ1n) is 5.92. The highest BCUT2D eigenvalue weighted by Gasteiger charge is 2.06. The Bertz CT molecular complexity index is 773. The normalized spacial score (nSPS) is 11.4. The van der Waals surface area contributed by atoms with Crippen LogP contribution in [0.2, 0.25) is 15.1 Å². The van der Waals surface area contributed by atoms with E-state index in [0.717, 1.165) is 15.2 Å². The second-order valence-corrected chi connectivity index (χ2v) is 6.45. The van der Waals surface area contributed by atoms with Crippen molar-refractivity contribution in [2.45, 2.75) is 0 Å². The monoisotopic (exact) mass is 355 g/mol. The van der Waals surface area contributed by atoms with Crippen LogP contribution in [0, 0.1) is 0 Å². The van der Waals surface area contributed by atoms with Crippen LogP contribution in [-0.2, 0) is 0 Å². The maximum Gasteiger partial charge on any atom is 0.137 e. The van der Waals surface area contributed by atoms with Crippen LogP contribution in [0.1, 0.15) is 5.01 Å². The molecule has 3 nitrogen and oxygen atoms in total. The average molecular weight is 357 g/mol. The molecule has 0 aliphatic rings. The molecule has 0 aliphatic heterocycles. The number of nitrogens with zero attached hydrogens (tertiary/aromatic N) is 2. The Morgan fingerprint density at radius 3 is 2.52 bits per heavy atom. The standard InChI is InChI=1S/C14H8Cl3N3S/c15-8-5-9(16)14(10(17)6-8)20-18-7-13-19-11-3-1-2-4-12(11)21-13/h1-7,20H/b18-7-. The molecular weight excluding hydrogens is 349 g/mol. The molecule has 0 fully saturated rings. The van der Waals surface area contributed by atoms with Gasteiger partial charge in [0.2, 0.25) is 0 Å². The molecule has 1 aromatic heterocycles. The number of rotatable bonds is 3. The SMILES string of the molecule is Clc1cc(Cl)c(N/N=C\c2nc3ccccc3s2)c(Cl)c1. The number of fused-ring (bicyclic) bond motifs is 1. The Balaban J connectivity index is 1.81. The quantitative estimate of drug-likeness (QED) is 0.482. The van der Waals surface area contributed by atoms with Gasteiger partial charge in [-0.05, 0) is 24.3 Å². The highest BCUT2D eigenvalue weighted by molar-refractivity contribution is 7.20. The summed E-state index contributed by atoms with van der Waals surface area (Å²) < 4.78 is 1.11. The molecule has 0 atom stereocenters. The van der Waals surface area contributed by atoms with Gasteiger partial charge >= 0.3 is 0 Å². The van der Waals surface area contributed by atoms with E-state index in [1.807, 2.05) is 24.3 Å². The number of para-hydroxylation sites is 1. The van der Waals surface area contributed by atoms with Gasteiger partial charge in [-0.3, -0.25) is 5.43 Å². The van der Waals surface area contributed by atoms with Crippen LogP contribution in [0.15, 0.2) is 41.5 Å². The van der Waals surface area contributed by atoms with Crippen molar-refractivity contribution in [3.05, 3.63) is 56.5 Å². The Labute approximate surface area is 140 Å². The lowest BCUT2D eigenvalue weighted by Gasteiger charge is -2.05. The Hall–Kier alpha value is -1.33. The fourth-order valence-electron chi connectivity index (χ4n) is 1.75. The molecule has 0 bridgehead atoms.